The molecule has 0 radical (unpaired) electrons. The molecule has 1 aromatic heterocycles. The van der Waals surface area contributed by atoms with Crippen molar-refractivity contribution in [2.75, 3.05) is 17.2 Å². The Hall–Kier alpha value is -3.42. The van der Waals surface area contributed by atoms with Crippen LogP contribution >= 0.6 is 0 Å². The highest BCUT2D eigenvalue weighted by atomic mass is 19.4. The van der Waals surface area contributed by atoms with Crippen molar-refractivity contribution >= 4 is 17.3 Å². The second-order valence-corrected chi connectivity index (χ2v) is 12.6. The number of aromatic nitrogens is 2. The number of carbonyl (C=O) groups is 1. The quantitative estimate of drug-likeness (QED) is 0.215. The molecule has 5 nitrogen and oxygen atoms in total. The summed E-state index contributed by atoms with van der Waals surface area (Å²) in [4.78, 5) is 22.3. The zero-order valence-corrected chi connectivity index (χ0v) is 32.1. The smallest absolute Gasteiger partial charge is 0.382 e. The van der Waals surface area contributed by atoms with Gasteiger partial charge in [0, 0.05) is 36.6 Å². The van der Waals surface area contributed by atoms with E-state index in [1.165, 1.54) is 55.3 Å². The minimum atomic E-state index is -4.40. The van der Waals surface area contributed by atoms with E-state index >= 15 is 0 Å². The molecular formula is C41H65F3N4O. The molecule has 2 aromatic carbocycles. The predicted molar refractivity (Wildman–Crippen MR) is 203 cm³/mol. The van der Waals surface area contributed by atoms with Crippen molar-refractivity contribution in [1.29, 1.82) is 0 Å². The number of carbonyl (C=O) groups excluding carboxylic acids is 1. The third kappa shape index (κ3) is 18.2. The SMILES string of the molecule is CCC.CCCC.CCCC(=O)c1cc(CC)cc(C(F)(F)F)c1.CCCC(C)CC.Cc1ccc2c(c1)N(Cc1nccnc1N)CC2. The second-order valence-electron chi connectivity index (χ2n) is 12.6. The molecule has 1 atom stereocenters. The van der Waals surface area contributed by atoms with Crippen LogP contribution in [0.1, 0.15) is 152 Å². The van der Waals surface area contributed by atoms with Crippen LogP contribution in [0, 0.1) is 12.8 Å². The van der Waals surface area contributed by atoms with Gasteiger partial charge in [0.1, 0.15) is 11.5 Å². The number of anilines is 2. The maximum atomic E-state index is 12.6. The van der Waals surface area contributed by atoms with Gasteiger partial charge in [0.25, 0.3) is 0 Å². The summed E-state index contributed by atoms with van der Waals surface area (Å²) >= 11 is 0. The van der Waals surface area contributed by atoms with Crippen LogP contribution in [-0.2, 0) is 25.6 Å². The second kappa shape index (κ2) is 25.5. The summed E-state index contributed by atoms with van der Waals surface area (Å²) in [6.07, 6.45) is 9.39. The molecule has 0 bridgehead atoms. The van der Waals surface area contributed by atoms with Gasteiger partial charge in [0.2, 0.25) is 0 Å². The highest BCUT2D eigenvalue weighted by Crippen LogP contribution is 2.32. The summed E-state index contributed by atoms with van der Waals surface area (Å²) in [6.45, 7) is 22.9. The minimum Gasteiger partial charge on any atom is -0.382 e. The van der Waals surface area contributed by atoms with Gasteiger partial charge in [-0.3, -0.25) is 9.78 Å². The van der Waals surface area contributed by atoms with Crippen LogP contribution in [0.2, 0.25) is 0 Å². The molecule has 0 aliphatic carbocycles. The normalized spacial score (nSPS) is 12.1. The lowest BCUT2D eigenvalue weighted by Crippen LogP contribution is -2.21. The molecule has 2 heterocycles. The number of benzene rings is 2. The molecule has 1 aliphatic rings. The molecule has 0 amide bonds. The van der Waals surface area contributed by atoms with Crippen LogP contribution in [0.4, 0.5) is 24.7 Å². The molecule has 1 aliphatic heterocycles. The fourth-order valence-electron chi connectivity index (χ4n) is 4.69. The number of alkyl halides is 3. The van der Waals surface area contributed by atoms with Crippen molar-refractivity contribution in [2.24, 2.45) is 5.92 Å². The van der Waals surface area contributed by atoms with Crippen molar-refractivity contribution in [2.45, 2.75) is 146 Å². The van der Waals surface area contributed by atoms with E-state index in [1.54, 1.807) is 25.4 Å². The molecule has 0 saturated heterocycles. The highest BCUT2D eigenvalue weighted by molar-refractivity contribution is 5.96. The third-order valence-electron chi connectivity index (χ3n) is 7.89. The molecule has 2 N–H and O–H groups in total. The van der Waals surface area contributed by atoms with Crippen molar-refractivity contribution in [3.63, 3.8) is 0 Å². The molecule has 49 heavy (non-hydrogen) atoms. The summed E-state index contributed by atoms with van der Waals surface area (Å²) in [7, 11) is 0. The lowest BCUT2D eigenvalue weighted by Gasteiger charge is -2.19. The van der Waals surface area contributed by atoms with Crippen LogP contribution in [0.15, 0.2) is 48.8 Å². The number of nitrogens with zero attached hydrogens (tertiary/aromatic N) is 3. The van der Waals surface area contributed by atoms with Crippen LogP contribution in [0.25, 0.3) is 0 Å². The molecule has 3 aromatic rings. The molecular weight excluding hydrogens is 621 g/mol. The Morgan fingerprint density at radius 2 is 1.53 bits per heavy atom. The van der Waals surface area contributed by atoms with Gasteiger partial charge < -0.3 is 10.6 Å². The summed E-state index contributed by atoms with van der Waals surface area (Å²) in [5.74, 6) is 1.25. The Morgan fingerprint density at radius 3 is 2.02 bits per heavy atom. The lowest BCUT2D eigenvalue weighted by atomic mass is 9.99. The van der Waals surface area contributed by atoms with Crippen molar-refractivity contribution in [3.05, 3.63) is 82.3 Å². The molecule has 4 rings (SSSR count). The van der Waals surface area contributed by atoms with Gasteiger partial charge in [-0.15, -0.1) is 0 Å². The molecule has 0 fully saturated rings. The summed E-state index contributed by atoms with van der Waals surface area (Å²) in [5.41, 5.74) is 10.7. The number of fused-ring (bicyclic) bond motifs is 1. The lowest BCUT2D eigenvalue weighted by molar-refractivity contribution is -0.137. The molecule has 0 spiro atoms. The number of ketones is 1. The van der Waals surface area contributed by atoms with Crippen molar-refractivity contribution < 1.29 is 18.0 Å². The Kier molecular flexibility index (Phi) is 23.8. The van der Waals surface area contributed by atoms with E-state index in [2.05, 4.69) is 88.5 Å². The molecule has 0 saturated carbocycles. The van der Waals surface area contributed by atoms with Crippen LogP contribution in [-0.4, -0.2) is 22.3 Å². The van der Waals surface area contributed by atoms with Gasteiger partial charge in [0.15, 0.2) is 5.78 Å². The standard InChI is InChI=1S/C14H16N4.C13H15F3O.C7H16.C4H10.C3H8/c1-10-2-3-11-4-7-18(13(11)8-10)9-12-14(15)17-6-5-16-12;1-3-5-12(17)10-6-9(4-2)7-11(8-10)13(14,15)16;1-4-6-7(3)5-2;1-3-4-2;1-3-2/h2-3,5-6,8H,4,7,9H2,1H3,(H2,15,17);6-8H,3-5H2,1-2H3;7H,4-6H2,1-3H3;3-4H2,1-2H3;3H2,1-2H3. The van der Waals surface area contributed by atoms with Gasteiger partial charge in [-0.25, -0.2) is 4.98 Å². The Balaban J connectivity index is 0.000000686. The number of halogens is 3. The number of rotatable bonds is 10. The minimum absolute atomic E-state index is 0.165. The molecule has 1 unspecified atom stereocenters. The van der Waals surface area contributed by atoms with Crippen LogP contribution in [0.3, 0.4) is 0 Å². The number of unbranched alkanes of at least 4 members (excludes halogenated alkanes) is 1. The third-order valence-corrected chi connectivity index (χ3v) is 7.89. The average molecular weight is 687 g/mol. The fourth-order valence-corrected chi connectivity index (χ4v) is 4.69. The van der Waals surface area contributed by atoms with Gasteiger partial charge >= 0.3 is 6.18 Å². The van der Waals surface area contributed by atoms with Gasteiger partial charge in [-0.05, 0) is 73.1 Å². The van der Waals surface area contributed by atoms with Gasteiger partial charge in [-0.2, -0.15) is 13.2 Å². The van der Waals surface area contributed by atoms with E-state index in [0.717, 1.165) is 43.3 Å². The number of hydrogen-bond donors (Lipinski definition) is 1. The first-order chi connectivity index (χ1) is 23.3. The van der Waals surface area contributed by atoms with Crippen LogP contribution < -0.4 is 10.6 Å². The zero-order chi connectivity index (χ0) is 37.4. The highest BCUT2D eigenvalue weighted by Gasteiger charge is 2.31. The van der Waals surface area contributed by atoms with Crippen LogP contribution in [0.5, 0.6) is 0 Å². The molecule has 276 valence electrons. The Labute approximate surface area is 296 Å². The van der Waals surface area contributed by atoms with Gasteiger partial charge in [-0.1, -0.05) is 113 Å². The van der Waals surface area contributed by atoms with Crippen molar-refractivity contribution in [1.82, 2.24) is 9.97 Å². The number of aryl methyl sites for hydroxylation is 2. The Morgan fingerprint density at radius 1 is 0.898 bits per heavy atom. The first-order valence-electron chi connectivity index (χ1n) is 18.4. The van der Waals surface area contributed by atoms with E-state index in [9.17, 15) is 18.0 Å². The first kappa shape index (κ1) is 45.6. The predicted octanol–water partition coefficient (Wildman–Crippen LogP) is 12.2. The average Bonchev–Trinajstić information content (AvgIpc) is 3.47. The summed E-state index contributed by atoms with van der Waals surface area (Å²) in [5, 5.41) is 0. The monoisotopic (exact) mass is 687 g/mol. The first-order valence-corrected chi connectivity index (χ1v) is 18.4. The molecule has 8 heteroatoms. The number of nitrogen functional groups attached to an aromatic ring is 1. The summed E-state index contributed by atoms with van der Waals surface area (Å²) in [6, 6.07) is 10.2. The number of Topliss-reactive ketones (excluding diaryl/α,β-unsaturated/α-hetero) is 1. The van der Waals surface area contributed by atoms with Gasteiger partial charge in [0.05, 0.1) is 12.1 Å². The zero-order valence-electron chi connectivity index (χ0n) is 32.1. The topological polar surface area (TPSA) is 72.1 Å². The number of nitrogens with two attached hydrogens (primary N) is 1. The fraction of sp³-hybridized carbons (Fsp3) is 0.585. The van der Waals surface area contributed by atoms with E-state index in [0.29, 0.717) is 24.2 Å². The largest absolute Gasteiger partial charge is 0.416 e. The maximum absolute atomic E-state index is 12.6. The van der Waals surface area contributed by atoms with E-state index in [1.807, 2.05) is 6.92 Å². The van der Waals surface area contributed by atoms with E-state index < -0.39 is 11.7 Å². The maximum Gasteiger partial charge on any atom is 0.416 e. The van der Waals surface area contributed by atoms with Crippen molar-refractivity contribution in [3.8, 4) is 0 Å². The van der Waals surface area contributed by atoms with E-state index in [4.69, 9.17) is 5.73 Å². The summed E-state index contributed by atoms with van der Waals surface area (Å²) < 4.78 is 37.9. The van der Waals surface area contributed by atoms with E-state index in [-0.39, 0.29) is 17.8 Å². The number of hydrogen-bond acceptors (Lipinski definition) is 5. The Bertz CT molecular complexity index is 1320.